The van der Waals surface area contributed by atoms with Crippen molar-refractivity contribution in [2.45, 2.75) is 24.7 Å². The monoisotopic (exact) mass is 332 g/mol. The summed E-state index contributed by atoms with van der Waals surface area (Å²) in [4.78, 5) is 0. The van der Waals surface area contributed by atoms with Crippen LogP contribution in [0.4, 0.5) is 0 Å². The van der Waals surface area contributed by atoms with Gasteiger partial charge in [0.2, 0.25) is 0 Å². The molecule has 0 radical (unpaired) electrons. The van der Waals surface area contributed by atoms with Crippen LogP contribution in [0.2, 0.25) is 0 Å². The van der Waals surface area contributed by atoms with Gasteiger partial charge in [0.15, 0.2) is 0 Å². The van der Waals surface area contributed by atoms with Gasteiger partial charge in [-0.15, -0.1) is 0 Å². The van der Waals surface area contributed by atoms with Crippen LogP contribution >= 0.6 is 7.14 Å². The normalized spacial score (nSPS) is 25.2. The molecule has 0 bridgehead atoms. The largest absolute Gasteiger partial charge is 0.390 e. The first-order chi connectivity index (χ1) is 11.1. The first kappa shape index (κ1) is 16.4. The summed E-state index contributed by atoms with van der Waals surface area (Å²) in [5.41, 5.74) is 0. The van der Waals surface area contributed by atoms with Gasteiger partial charge >= 0.3 is 0 Å². The Kier molecular flexibility index (Phi) is 4.98. The van der Waals surface area contributed by atoms with Crippen LogP contribution in [0.25, 0.3) is 0 Å². The molecule has 3 atom stereocenters. The summed E-state index contributed by atoms with van der Waals surface area (Å²) in [6.07, 6.45) is -1.89. The average Bonchev–Trinajstić information content (AvgIpc) is 2.60. The Bertz CT molecular complexity index is 630. The van der Waals surface area contributed by atoms with Crippen LogP contribution in [0.3, 0.4) is 0 Å². The van der Waals surface area contributed by atoms with Crippen LogP contribution in [0.5, 0.6) is 0 Å². The minimum Gasteiger partial charge on any atom is -0.390 e. The van der Waals surface area contributed by atoms with Gasteiger partial charge in [-0.2, -0.15) is 0 Å². The van der Waals surface area contributed by atoms with E-state index in [1.165, 1.54) is 0 Å². The van der Waals surface area contributed by atoms with E-state index in [0.717, 1.165) is 10.6 Å². The molecule has 0 aromatic heterocycles. The zero-order chi connectivity index (χ0) is 16.3. The van der Waals surface area contributed by atoms with Gasteiger partial charge in [0.25, 0.3) is 0 Å². The highest BCUT2D eigenvalue weighted by atomic mass is 31.2. The lowest BCUT2D eigenvalue weighted by molar-refractivity contribution is -0.125. The molecule has 2 N–H and O–H groups in total. The smallest absolute Gasteiger partial charge is 0.145 e. The van der Waals surface area contributed by atoms with Crippen molar-refractivity contribution < 1.29 is 19.5 Å². The fraction of sp³-hybridized carbons (Fsp3) is 0.333. The molecule has 1 aliphatic rings. The molecule has 3 rings (SSSR count). The first-order valence-corrected chi connectivity index (χ1v) is 9.68. The predicted octanol–water partition coefficient (Wildman–Crippen LogP) is 1.51. The third kappa shape index (κ3) is 3.41. The molecule has 0 aliphatic carbocycles. The standard InChI is InChI=1S/C18H21O4P/c19-16-11-12-22-17(18(16)20)13-23(21,14-7-3-1-4-8-14)15-9-5-2-6-10-15/h1-10,16-20H,11-13H2/t16-,17+,18-/m0/s1. The van der Waals surface area contributed by atoms with Gasteiger partial charge < -0.3 is 19.5 Å². The molecule has 0 spiro atoms. The van der Waals surface area contributed by atoms with E-state index in [0.29, 0.717) is 13.0 Å². The molecule has 5 heteroatoms. The molecule has 0 amide bonds. The molecule has 4 nitrogen and oxygen atoms in total. The van der Waals surface area contributed by atoms with E-state index in [4.69, 9.17) is 4.74 Å². The van der Waals surface area contributed by atoms with Crippen LogP contribution < -0.4 is 10.6 Å². The van der Waals surface area contributed by atoms with E-state index < -0.39 is 25.5 Å². The maximum Gasteiger partial charge on any atom is 0.145 e. The summed E-state index contributed by atoms with van der Waals surface area (Å²) in [7, 11) is -2.95. The lowest BCUT2D eigenvalue weighted by atomic mass is 10.0. The van der Waals surface area contributed by atoms with E-state index in [-0.39, 0.29) is 6.16 Å². The molecule has 1 fully saturated rings. The van der Waals surface area contributed by atoms with Crippen LogP contribution in [-0.2, 0) is 9.30 Å². The zero-order valence-corrected chi connectivity index (χ0v) is 13.7. The Morgan fingerprint density at radius 1 is 0.957 bits per heavy atom. The Morgan fingerprint density at radius 2 is 1.48 bits per heavy atom. The van der Waals surface area contributed by atoms with Gasteiger partial charge in [0.1, 0.15) is 13.2 Å². The van der Waals surface area contributed by atoms with Gasteiger partial charge in [0.05, 0.1) is 12.2 Å². The van der Waals surface area contributed by atoms with E-state index >= 15 is 0 Å². The molecule has 2 aromatic rings. The lowest BCUT2D eigenvalue weighted by Gasteiger charge is -2.34. The molecule has 0 saturated carbocycles. The topological polar surface area (TPSA) is 66.8 Å². The molecule has 1 saturated heterocycles. The van der Waals surface area contributed by atoms with Crippen LogP contribution in [0.15, 0.2) is 60.7 Å². The highest BCUT2D eigenvalue weighted by Gasteiger charge is 2.38. The molecule has 1 aliphatic heterocycles. The SMILES string of the molecule is O=P(C[C@H]1OCC[C@H](O)[C@@H]1O)(c1ccccc1)c1ccccc1. The first-order valence-electron chi connectivity index (χ1n) is 7.79. The van der Waals surface area contributed by atoms with Crippen LogP contribution in [0.1, 0.15) is 6.42 Å². The maximum absolute atomic E-state index is 13.9. The Balaban J connectivity index is 1.98. The summed E-state index contributed by atoms with van der Waals surface area (Å²) in [6.45, 7) is 0.368. The molecular weight excluding hydrogens is 311 g/mol. The summed E-state index contributed by atoms with van der Waals surface area (Å²) in [5.74, 6) is 0. The highest BCUT2D eigenvalue weighted by Crippen LogP contribution is 2.45. The fourth-order valence-corrected chi connectivity index (χ4v) is 5.82. The van der Waals surface area contributed by atoms with Crippen molar-refractivity contribution >= 4 is 17.8 Å². The zero-order valence-electron chi connectivity index (χ0n) is 12.8. The molecule has 23 heavy (non-hydrogen) atoms. The van der Waals surface area contributed by atoms with E-state index in [9.17, 15) is 14.8 Å². The second kappa shape index (κ2) is 6.98. The van der Waals surface area contributed by atoms with E-state index in [1.54, 1.807) is 0 Å². The van der Waals surface area contributed by atoms with E-state index in [2.05, 4.69) is 0 Å². The summed E-state index contributed by atoms with van der Waals surface area (Å²) >= 11 is 0. The number of rotatable bonds is 4. The summed E-state index contributed by atoms with van der Waals surface area (Å²) in [5, 5.41) is 21.5. The number of benzene rings is 2. The van der Waals surface area contributed by atoms with Crippen molar-refractivity contribution in [1.29, 1.82) is 0 Å². The second-order valence-electron chi connectivity index (χ2n) is 5.85. The Hall–Kier alpha value is -1.45. The van der Waals surface area contributed by atoms with Gasteiger partial charge in [-0.25, -0.2) is 0 Å². The quantitative estimate of drug-likeness (QED) is 0.833. The molecule has 122 valence electrons. The van der Waals surface area contributed by atoms with E-state index in [1.807, 2.05) is 60.7 Å². The average molecular weight is 332 g/mol. The van der Waals surface area contributed by atoms with Crippen molar-refractivity contribution in [1.82, 2.24) is 0 Å². The van der Waals surface area contributed by atoms with Crippen molar-refractivity contribution in [2.24, 2.45) is 0 Å². The summed E-state index contributed by atoms with van der Waals surface area (Å²) in [6, 6.07) is 18.6. The third-order valence-corrected chi connectivity index (χ3v) is 7.44. The predicted molar refractivity (Wildman–Crippen MR) is 91.0 cm³/mol. The van der Waals surface area contributed by atoms with Gasteiger partial charge in [-0.1, -0.05) is 60.7 Å². The Labute approximate surface area is 136 Å². The van der Waals surface area contributed by atoms with Crippen LogP contribution in [-0.4, -0.2) is 41.3 Å². The number of hydrogen-bond acceptors (Lipinski definition) is 4. The van der Waals surface area contributed by atoms with Gasteiger partial charge in [0, 0.05) is 23.4 Å². The van der Waals surface area contributed by atoms with Gasteiger partial charge in [-0.05, 0) is 6.42 Å². The third-order valence-electron chi connectivity index (χ3n) is 4.30. The number of aliphatic hydroxyl groups is 2. The van der Waals surface area contributed by atoms with Crippen molar-refractivity contribution in [3.8, 4) is 0 Å². The number of hydrogen-bond donors (Lipinski definition) is 2. The highest BCUT2D eigenvalue weighted by molar-refractivity contribution is 7.78. The minimum atomic E-state index is -2.95. The van der Waals surface area contributed by atoms with Crippen molar-refractivity contribution in [3.05, 3.63) is 60.7 Å². The lowest BCUT2D eigenvalue weighted by Crippen LogP contribution is -2.47. The maximum atomic E-state index is 13.9. The summed E-state index contributed by atoms with van der Waals surface area (Å²) < 4.78 is 19.5. The molecule has 1 heterocycles. The van der Waals surface area contributed by atoms with Crippen molar-refractivity contribution in [3.63, 3.8) is 0 Å². The molecule has 2 aromatic carbocycles. The van der Waals surface area contributed by atoms with Crippen molar-refractivity contribution in [2.75, 3.05) is 12.8 Å². The number of aliphatic hydroxyl groups excluding tert-OH is 2. The number of ether oxygens (including phenoxy) is 1. The minimum absolute atomic E-state index is 0.180. The fourth-order valence-electron chi connectivity index (χ4n) is 2.97. The van der Waals surface area contributed by atoms with Crippen LogP contribution in [0, 0.1) is 0 Å². The Morgan fingerprint density at radius 3 is 2.00 bits per heavy atom. The molecular formula is C18H21O4P. The molecule has 0 unspecified atom stereocenters. The second-order valence-corrected chi connectivity index (χ2v) is 8.73. The van der Waals surface area contributed by atoms with Gasteiger partial charge in [-0.3, -0.25) is 0 Å².